The van der Waals surface area contributed by atoms with Crippen molar-refractivity contribution in [2.24, 2.45) is 11.3 Å². The highest BCUT2D eigenvalue weighted by Gasteiger charge is 2.41. The molecule has 18 heavy (non-hydrogen) atoms. The molecule has 106 valence electrons. The second-order valence-corrected chi connectivity index (χ2v) is 7.66. The first-order valence-electron chi connectivity index (χ1n) is 6.01. The fraction of sp³-hybridized carbons (Fsp3) is 0.909. The third-order valence-electron chi connectivity index (χ3n) is 3.74. The van der Waals surface area contributed by atoms with E-state index in [1.807, 2.05) is 0 Å². The minimum atomic E-state index is -3.45. The average Bonchev–Trinajstić information content (AvgIpc) is 2.28. The Kier molecular flexibility index (Phi) is 4.40. The third-order valence-corrected chi connectivity index (χ3v) is 5.65. The molecule has 1 N–H and O–H groups in total. The van der Waals surface area contributed by atoms with Crippen molar-refractivity contribution in [1.82, 2.24) is 8.61 Å². The Morgan fingerprint density at radius 2 is 1.94 bits per heavy atom. The molecular formula is C11H22N2O4S. The van der Waals surface area contributed by atoms with Crippen molar-refractivity contribution < 1.29 is 18.3 Å². The first-order valence-corrected chi connectivity index (χ1v) is 7.41. The quantitative estimate of drug-likeness (QED) is 0.817. The Morgan fingerprint density at radius 3 is 2.39 bits per heavy atom. The van der Waals surface area contributed by atoms with Gasteiger partial charge in [0.1, 0.15) is 0 Å². The molecule has 1 unspecified atom stereocenters. The first-order chi connectivity index (χ1) is 8.10. The molecule has 1 saturated heterocycles. The smallest absolute Gasteiger partial charge is 0.309 e. The second kappa shape index (κ2) is 5.14. The van der Waals surface area contributed by atoms with Gasteiger partial charge in [-0.3, -0.25) is 4.79 Å². The van der Waals surface area contributed by atoms with E-state index >= 15 is 0 Å². The van der Waals surface area contributed by atoms with Gasteiger partial charge in [-0.15, -0.1) is 0 Å². The molecule has 1 aliphatic heterocycles. The van der Waals surface area contributed by atoms with Gasteiger partial charge in [0.2, 0.25) is 0 Å². The van der Waals surface area contributed by atoms with Gasteiger partial charge < -0.3 is 5.11 Å². The minimum absolute atomic E-state index is 0.154. The van der Waals surface area contributed by atoms with Gasteiger partial charge in [0, 0.05) is 27.2 Å². The van der Waals surface area contributed by atoms with E-state index < -0.39 is 21.6 Å². The highest BCUT2D eigenvalue weighted by Crippen LogP contribution is 2.35. The predicted octanol–water partition coefficient (Wildman–Crippen LogP) is 0.616. The Labute approximate surface area is 109 Å². The number of carbonyl (C=O) groups is 1. The summed E-state index contributed by atoms with van der Waals surface area (Å²) in [6, 6.07) is 0. The number of nitrogens with zero attached hydrogens (tertiary/aromatic N) is 2. The third kappa shape index (κ3) is 2.84. The summed E-state index contributed by atoms with van der Waals surface area (Å²) in [7, 11) is -0.470. The normalized spacial score (nSPS) is 23.3. The molecule has 0 amide bonds. The number of aliphatic carboxylic acids is 1. The first kappa shape index (κ1) is 15.4. The molecule has 0 aromatic carbocycles. The van der Waals surface area contributed by atoms with Crippen molar-refractivity contribution in [3.8, 4) is 0 Å². The number of carboxylic acid groups (broad SMARTS) is 1. The Morgan fingerprint density at radius 1 is 1.39 bits per heavy atom. The van der Waals surface area contributed by atoms with Crippen LogP contribution in [0.4, 0.5) is 0 Å². The maximum absolute atomic E-state index is 12.0. The van der Waals surface area contributed by atoms with Gasteiger partial charge in [-0.25, -0.2) is 0 Å². The summed E-state index contributed by atoms with van der Waals surface area (Å²) >= 11 is 0. The van der Waals surface area contributed by atoms with E-state index in [1.54, 1.807) is 13.8 Å². The zero-order valence-corrected chi connectivity index (χ0v) is 12.2. The summed E-state index contributed by atoms with van der Waals surface area (Å²) in [4.78, 5) is 11.2. The second-order valence-electron chi connectivity index (χ2n) is 5.51. The van der Waals surface area contributed by atoms with Gasteiger partial charge in [-0.1, -0.05) is 0 Å². The molecule has 0 bridgehead atoms. The van der Waals surface area contributed by atoms with Crippen molar-refractivity contribution in [2.75, 3.05) is 27.2 Å². The lowest BCUT2D eigenvalue weighted by Gasteiger charge is -2.39. The topological polar surface area (TPSA) is 77.9 Å². The van der Waals surface area contributed by atoms with Crippen LogP contribution in [0.1, 0.15) is 26.7 Å². The van der Waals surface area contributed by atoms with E-state index in [0.717, 1.165) is 6.42 Å². The Balaban J connectivity index is 2.89. The number of piperidine rings is 1. The van der Waals surface area contributed by atoms with E-state index in [2.05, 4.69) is 0 Å². The summed E-state index contributed by atoms with van der Waals surface area (Å²) < 4.78 is 26.6. The summed E-state index contributed by atoms with van der Waals surface area (Å²) in [6.07, 6.45) is 1.45. The van der Waals surface area contributed by atoms with Crippen LogP contribution in [0.3, 0.4) is 0 Å². The van der Waals surface area contributed by atoms with E-state index in [0.29, 0.717) is 13.0 Å². The number of rotatable bonds is 4. The van der Waals surface area contributed by atoms with Gasteiger partial charge in [-0.2, -0.15) is 17.0 Å². The van der Waals surface area contributed by atoms with E-state index in [9.17, 15) is 18.3 Å². The lowest BCUT2D eigenvalue weighted by molar-refractivity contribution is -0.151. The molecule has 1 aliphatic rings. The lowest BCUT2D eigenvalue weighted by Crippen LogP contribution is -2.49. The van der Waals surface area contributed by atoms with Gasteiger partial charge in [0.15, 0.2) is 0 Å². The van der Waals surface area contributed by atoms with Crippen LogP contribution in [0.2, 0.25) is 0 Å². The van der Waals surface area contributed by atoms with Gasteiger partial charge in [-0.05, 0) is 32.6 Å². The molecule has 1 heterocycles. The SMILES string of the molecule is CN(C)S(=O)(=O)N1CCCC(C(C)(C)C(=O)O)C1. The van der Waals surface area contributed by atoms with Crippen molar-refractivity contribution in [3.05, 3.63) is 0 Å². The maximum atomic E-state index is 12.0. The van der Waals surface area contributed by atoms with Crippen LogP contribution >= 0.6 is 0 Å². The maximum Gasteiger partial charge on any atom is 0.309 e. The van der Waals surface area contributed by atoms with Crippen molar-refractivity contribution in [1.29, 1.82) is 0 Å². The molecule has 1 fully saturated rings. The van der Waals surface area contributed by atoms with Crippen LogP contribution < -0.4 is 0 Å². The van der Waals surface area contributed by atoms with Crippen molar-refractivity contribution in [3.63, 3.8) is 0 Å². The van der Waals surface area contributed by atoms with Gasteiger partial charge in [0.05, 0.1) is 5.41 Å². The molecule has 0 aliphatic carbocycles. The predicted molar refractivity (Wildman–Crippen MR) is 68.3 cm³/mol. The summed E-state index contributed by atoms with van der Waals surface area (Å²) in [6.45, 7) is 4.06. The van der Waals surface area contributed by atoms with E-state index in [4.69, 9.17) is 0 Å². The number of hydrogen-bond acceptors (Lipinski definition) is 3. The molecule has 0 aromatic heterocycles. The summed E-state index contributed by atoms with van der Waals surface area (Å²) in [5.41, 5.74) is -0.902. The molecule has 0 spiro atoms. The fourth-order valence-electron chi connectivity index (χ4n) is 2.15. The van der Waals surface area contributed by atoms with Crippen LogP contribution in [0, 0.1) is 11.3 Å². The highest BCUT2D eigenvalue weighted by atomic mass is 32.2. The molecule has 1 atom stereocenters. The van der Waals surface area contributed by atoms with Gasteiger partial charge >= 0.3 is 5.97 Å². The number of hydrogen-bond donors (Lipinski definition) is 1. The standard InChI is InChI=1S/C11H22N2O4S/c1-11(2,10(14)15)9-6-5-7-13(8-9)18(16,17)12(3)4/h9H,5-8H2,1-4H3,(H,14,15). The summed E-state index contributed by atoms with van der Waals surface area (Å²) in [5.74, 6) is -1.03. The Bertz CT molecular complexity index is 417. The van der Waals surface area contributed by atoms with Crippen LogP contribution in [-0.2, 0) is 15.0 Å². The molecule has 6 nitrogen and oxygen atoms in total. The zero-order valence-electron chi connectivity index (χ0n) is 11.4. The monoisotopic (exact) mass is 278 g/mol. The fourth-order valence-corrected chi connectivity index (χ4v) is 3.34. The van der Waals surface area contributed by atoms with Crippen LogP contribution in [-0.4, -0.2) is 55.3 Å². The Hall–Kier alpha value is -0.660. The molecule has 7 heteroatoms. The van der Waals surface area contributed by atoms with E-state index in [1.165, 1.54) is 22.7 Å². The molecule has 0 saturated carbocycles. The van der Waals surface area contributed by atoms with Crippen LogP contribution in [0.5, 0.6) is 0 Å². The number of carboxylic acids is 1. The molecule has 0 aromatic rings. The average molecular weight is 278 g/mol. The van der Waals surface area contributed by atoms with Crippen LogP contribution in [0.15, 0.2) is 0 Å². The highest BCUT2D eigenvalue weighted by molar-refractivity contribution is 7.86. The summed E-state index contributed by atoms with van der Waals surface area (Å²) in [5, 5.41) is 9.21. The molecular weight excluding hydrogens is 256 g/mol. The zero-order chi connectivity index (χ0) is 14.1. The lowest BCUT2D eigenvalue weighted by atomic mass is 9.75. The van der Waals surface area contributed by atoms with Crippen molar-refractivity contribution in [2.45, 2.75) is 26.7 Å². The minimum Gasteiger partial charge on any atom is -0.481 e. The van der Waals surface area contributed by atoms with E-state index in [-0.39, 0.29) is 12.5 Å². The molecule has 1 rings (SSSR count). The van der Waals surface area contributed by atoms with Crippen molar-refractivity contribution >= 4 is 16.2 Å². The molecule has 0 radical (unpaired) electrons. The largest absolute Gasteiger partial charge is 0.481 e. The van der Waals surface area contributed by atoms with Gasteiger partial charge in [0.25, 0.3) is 10.2 Å². The van der Waals surface area contributed by atoms with Crippen LogP contribution in [0.25, 0.3) is 0 Å².